The smallest absolute Gasteiger partial charge is 0.154 e. The van der Waals surface area contributed by atoms with Crippen molar-refractivity contribution in [2.45, 2.75) is 63.5 Å². The molecule has 5 heteroatoms. The summed E-state index contributed by atoms with van der Waals surface area (Å²) in [5.41, 5.74) is 0.514. The quantitative estimate of drug-likeness (QED) is 0.776. The molecule has 0 aliphatic carbocycles. The third-order valence-corrected chi connectivity index (χ3v) is 6.01. The highest BCUT2D eigenvalue weighted by Gasteiger charge is 2.45. The van der Waals surface area contributed by atoms with Crippen molar-refractivity contribution >= 4 is 9.84 Å². The van der Waals surface area contributed by atoms with E-state index < -0.39 is 9.84 Å². The molecule has 0 spiro atoms. The molecule has 23 heavy (non-hydrogen) atoms. The molecule has 1 fully saturated rings. The first kappa shape index (κ1) is 18.4. The first-order chi connectivity index (χ1) is 10.6. The Morgan fingerprint density at radius 1 is 1.17 bits per heavy atom. The number of hydrogen-bond acceptors (Lipinski definition) is 4. The Bertz CT molecular complexity index is 608. The second-order valence-corrected chi connectivity index (χ2v) is 9.79. The minimum Gasteiger partial charge on any atom is -0.368 e. The Morgan fingerprint density at radius 2 is 1.83 bits per heavy atom. The van der Waals surface area contributed by atoms with Crippen molar-refractivity contribution in [1.29, 1.82) is 0 Å². The molecule has 4 nitrogen and oxygen atoms in total. The van der Waals surface area contributed by atoms with Crippen molar-refractivity contribution < 1.29 is 13.2 Å². The summed E-state index contributed by atoms with van der Waals surface area (Å²) in [4.78, 5) is 0. The van der Waals surface area contributed by atoms with E-state index in [1.165, 1.54) is 0 Å². The summed E-state index contributed by atoms with van der Waals surface area (Å²) in [5, 5.41) is 3.47. The third kappa shape index (κ3) is 5.59. The van der Waals surface area contributed by atoms with Crippen LogP contribution in [0.1, 0.15) is 46.1 Å². The van der Waals surface area contributed by atoms with E-state index in [4.69, 9.17) is 4.74 Å². The number of sulfone groups is 1. The Labute approximate surface area is 140 Å². The van der Waals surface area contributed by atoms with E-state index in [0.717, 1.165) is 12.0 Å². The van der Waals surface area contributed by atoms with Gasteiger partial charge in [-0.2, -0.15) is 0 Å². The molecule has 1 heterocycles. The molecule has 1 aliphatic heterocycles. The van der Waals surface area contributed by atoms with Crippen molar-refractivity contribution in [2.24, 2.45) is 0 Å². The van der Waals surface area contributed by atoms with Crippen LogP contribution in [0.3, 0.4) is 0 Å². The van der Waals surface area contributed by atoms with E-state index >= 15 is 0 Å². The molecule has 130 valence electrons. The molecule has 0 amide bonds. The summed E-state index contributed by atoms with van der Waals surface area (Å²) in [6.07, 6.45) is 1.57. The summed E-state index contributed by atoms with van der Waals surface area (Å²) in [7, 11) is -3.05. The van der Waals surface area contributed by atoms with Gasteiger partial charge in [-0.3, -0.25) is 0 Å². The maximum atomic E-state index is 12.2. The summed E-state index contributed by atoms with van der Waals surface area (Å²) in [6.45, 7) is 9.07. The van der Waals surface area contributed by atoms with Gasteiger partial charge >= 0.3 is 0 Å². The summed E-state index contributed by atoms with van der Waals surface area (Å²) >= 11 is 0. The minimum atomic E-state index is -3.05. The lowest BCUT2D eigenvalue weighted by Crippen LogP contribution is -2.43. The van der Waals surface area contributed by atoms with Gasteiger partial charge in [0, 0.05) is 6.04 Å². The fraction of sp³-hybridized carbons (Fsp3) is 0.667. The zero-order chi connectivity index (χ0) is 17.1. The van der Waals surface area contributed by atoms with Gasteiger partial charge in [0.25, 0.3) is 0 Å². The van der Waals surface area contributed by atoms with E-state index in [9.17, 15) is 8.42 Å². The molecule has 1 N–H and O–H groups in total. The third-order valence-electron chi connectivity index (χ3n) is 4.33. The van der Waals surface area contributed by atoms with Crippen LogP contribution < -0.4 is 5.32 Å². The molecular weight excluding hydrogens is 310 g/mol. The Morgan fingerprint density at radius 3 is 2.39 bits per heavy atom. The monoisotopic (exact) mass is 339 g/mol. The fourth-order valence-electron chi connectivity index (χ4n) is 3.35. The molecule has 0 saturated carbocycles. The highest BCUT2D eigenvalue weighted by Crippen LogP contribution is 2.37. The Kier molecular flexibility index (Phi) is 5.54. The number of hydrogen-bond donors (Lipinski definition) is 1. The van der Waals surface area contributed by atoms with Gasteiger partial charge in [0.05, 0.1) is 22.7 Å². The van der Waals surface area contributed by atoms with Crippen LogP contribution in [0.5, 0.6) is 0 Å². The van der Waals surface area contributed by atoms with Crippen molar-refractivity contribution in [3.63, 3.8) is 0 Å². The largest absolute Gasteiger partial charge is 0.368 e. The highest BCUT2D eigenvalue weighted by molar-refractivity contribution is 7.90. The second kappa shape index (κ2) is 6.91. The molecule has 0 aromatic heterocycles. The molecule has 0 bridgehead atoms. The molecule has 0 radical (unpaired) electrons. The van der Waals surface area contributed by atoms with Crippen LogP contribution in [0.2, 0.25) is 0 Å². The molecule has 1 atom stereocenters. The normalized spacial score (nSPS) is 23.0. The van der Waals surface area contributed by atoms with Crippen molar-refractivity contribution in [1.82, 2.24) is 5.32 Å². The van der Waals surface area contributed by atoms with Crippen LogP contribution in [0.25, 0.3) is 0 Å². The lowest BCUT2D eigenvalue weighted by atomic mass is 9.94. The Hall–Kier alpha value is -0.910. The van der Waals surface area contributed by atoms with Crippen molar-refractivity contribution in [3.8, 4) is 0 Å². The van der Waals surface area contributed by atoms with Gasteiger partial charge in [-0.25, -0.2) is 8.42 Å². The van der Waals surface area contributed by atoms with Gasteiger partial charge in [-0.1, -0.05) is 30.3 Å². The topological polar surface area (TPSA) is 55.4 Å². The van der Waals surface area contributed by atoms with E-state index in [1.54, 1.807) is 0 Å². The lowest BCUT2D eigenvalue weighted by molar-refractivity contribution is -0.0697. The van der Waals surface area contributed by atoms with Crippen LogP contribution in [-0.2, 0) is 20.3 Å². The van der Waals surface area contributed by atoms with Gasteiger partial charge in [-0.15, -0.1) is 0 Å². The first-order valence-electron chi connectivity index (χ1n) is 8.28. The van der Waals surface area contributed by atoms with Crippen LogP contribution in [0.15, 0.2) is 30.3 Å². The number of ether oxygens (including phenoxy) is 1. The molecule has 1 saturated heterocycles. The average molecular weight is 340 g/mol. The van der Waals surface area contributed by atoms with Crippen LogP contribution >= 0.6 is 0 Å². The molecule has 1 aromatic carbocycles. The van der Waals surface area contributed by atoms with Gasteiger partial charge in [-0.05, 0) is 52.6 Å². The first-order valence-corrected chi connectivity index (χ1v) is 10.1. The predicted octanol–water partition coefficient (Wildman–Crippen LogP) is 2.93. The van der Waals surface area contributed by atoms with E-state index in [1.807, 2.05) is 30.3 Å². The molecule has 2 rings (SSSR count). The van der Waals surface area contributed by atoms with E-state index in [-0.39, 0.29) is 28.7 Å². The highest BCUT2D eigenvalue weighted by atomic mass is 32.2. The van der Waals surface area contributed by atoms with Crippen molar-refractivity contribution in [3.05, 3.63) is 35.9 Å². The minimum absolute atomic E-state index is 0.124. The summed E-state index contributed by atoms with van der Waals surface area (Å²) in [5.74, 6) is 0.338. The van der Waals surface area contributed by atoms with E-state index in [0.29, 0.717) is 13.0 Å². The SMILES string of the molecule is CC1(C)C[C@H](NCCCS(=O)(=O)Cc2ccccc2)C(C)(C)O1. The second-order valence-electron chi connectivity index (χ2n) is 7.61. The standard InChI is InChI=1S/C18H29NO3S/c1-17(2)13-16(18(3,4)22-17)19-11-8-12-23(20,21)14-15-9-6-5-7-10-15/h5-7,9-10,16,19H,8,11-14H2,1-4H3/t16-/m0/s1. The number of rotatable bonds is 7. The van der Waals surface area contributed by atoms with E-state index in [2.05, 4.69) is 33.0 Å². The van der Waals surface area contributed by atoms with Gasteiger partial charge in [0.15, 0.2) is 9.84 Å². The summed E-state index contributed by atoms with van der Waals surface area (Å²) in [6, 6.07) is 9.61. The molecule has 1 aromatic rings. The van der Waals surface area contributed by atoms with Gasteiger partial charge in [0.1, 0.15) is 0 Å². The van der Waals surface area contributed by atoms with Gasteiger partial charge in [0.2, 0.25) is 0 Å². The average Bonchev–Trinajstić information content (AvgIpc) is 2.63. The molecular formula is C18H29NO3S. The zero-order valence-corrected chi connectivity index (χ0v) is 15.4. The van der Waals surface area contributed by atoms with Crippen LogP contribution in [0, 0.1) is 0 Å². The Balaban J connectivity index is 1.77. The fourth-order valence-corrected chi connectivity index (χ4v) is 4.78. The zero-order valence-electron chi connectivity index (χ0n) is 14.6. The molecule has 0 unspecified atom stereocenters. The van der Waals surface area contributed by atoms with Crippen molar-refractivity contribution in [2.75, 3.05) is 12.3 Å². The maximum Gasteiger partial charge on any atom is 0.154 e. The number of nitrogens with one attached hydrogen (secondary N) is 1. The predicted molar refractivity (Wildman–Crippen MR) is 94.2 cm³/mol. The lowest BCUT2D eigenvalue weighted by Gasteiger charge is -2.27. The van der Waals surface area contributed by atoms with Gasteiger partial charge < -0.3 is 10.1 Å². The van der Waals surface area contributed by atoms with Crippen LogP contribution in [0.4, 0.5) is 0 Å². The molecule has 1 aliphatic rings. The maximum absolute atomic E-state index is 12.2. The van der Waals surface area contributed by atoms with Crippen LogP contribution in [-0.4, -0.2) is 38.0 Å². The number of benzene rings is 1. The summed E-state index contributed by atoms with van der Waals surface area (Å²) < 4.78 is 30.4.